The second kappa shape index (κ2) is 5.31. The number of carboxylic acids is 1. The Morgan fingerprint density at radius 2 is 1.88 bits per heavy atom. The van der Waals surface area contributed by atoms with Crippen molar-refractivity contribution in [2.75, 3.05) is 0 Å². The maximum absolute atomic E-state index is 11.6. The lowest BCUT2D eigenvalue weighted by Gasteiger charge is -2.15. The molecule has 17 heavy (non-hydrogen) atoms. The summed E-state index contributed by atoms with van der Waals surface area (Å²) in [5.41, 5.74) is 0.916. The van der Waals surface area contributed by atoms with Crippen LogP contribution in [0.2, 0.25) is 19.6 Å². The first kappa shape index (κ1) is 13.7. The standard InChI is InChI=1S/C12H18O4Si/c1-17(2,3)11-8-16-7-9(11)6-10(13)4-5-12(14)15/h7-8H,4-6H2,1-3H3,(H,14,15). The van der Waals surface area contributed by atoms with Gasteiger partial charge < -0.3 is 9.52 Å². The van der Waals surface area contributed by atoms with Gasteiger partial charge in [-0.25, -0.2) is 0 Å². The van der Waals surface area contributed by atoms with Crippen molar-refractivity contribution in [3.8, 4) is 0 Å². The molecule has 0 aromatic carbocycles. The highest BCUT2D eigenvalue weighted by Crippen LogP contribution is 2.10. The Morgan fingerprint density at radius 3 is 2.41 bits per heavy atom. The molecular formula is C12H18O4Si. The normalized spacial score (nSPS) is 11.5. The lowest BCUT2D eigenvalue weighted by Crippen LogP contribution is -2.39. The lowest BCUT2D eigenvalue weighted by molar-refractivity contribution is -0.138. The van der Waals surface area contributed by atoms with E-state index in [0.717, 1.165) is 10.8 Å². The van der Waals surface area contributed by atoms with Crippen LogP contribution in [0.1, 0.15) is 18.4 Å². The highest BCUT2D eigenvalue weighted by atomic mass is 28.3. The number of carbonyl (C=O) groups excluding carboxylic acids is 1. The van der Waals surface area contributed by atoms with Crippen LogP contribution in [0.25, 0.3) is 0 Å². The smallest absolute Gasteiger partial charge is 0.303 e. The fraction of sp³-hybridized carbons (Fsp3) is 0.500. The minimum atomic E-state index is -1.50. The Bertz CT molecular complexity index is 414. The quantitative estimate of drug-likeness (QED) is 0.786. The summed E-state index contributed by atoms with van der Waals surface area (Å²) in [4.78, 5) is 22.0. The van der Waals surface area contributed by atoms with Gasteiger partial charge in [0.05, 0.1) is 27.0 Å². The molecule has 0 saturated heterocycles. The number of Topliss-reactive ketones (excluding diaryl/α,β-unsaturated/α-hetero) is 1. The van der Waals surface area contributed by atoms with Crippen LogP contribution in [-0.4, -0.2) is 24.9 Å². The Balaban J connectivity index is 2.66. The van der Waals surface area contributed by atoms with Gasteiger partial charge in [-0.15, -0.1) is 0 Å². The monoisotopic (exact) mass is 254 g/mol. The van der Waals surface area contributed by atoms with Crippen molar-refractivity contribution in [2.45, 2.75) is 38.9 Å². The minimum Gasteiger partial charge on any atom is -0.481 e. The maximum atomic E-state index is 11.6. The Hall–Kier alpha value is -1.36. The number of hydrogen-bond donors (Lipinski definition) is 1. The molecule has 0 spiro atoms. The van der Waals surface area contributed by atoms with E-state index in [0.29, 0.717) is 0 Å². The maximum Gasteiger partial charge on any atom is 0.303 e. The van der Waals surface area contributed by atoms with E-state index in [-0.39, 0.29) is 25.0 Å². The molecule has 1 aromatic rings. The van der Waals surface area contributed by atoms with Crippen LogP contribution in [0.3, 0.4) is 0 Å². The first-order valence-electron chi connectivity index (χ1n) is 5.59. The van der Waals surface area contributed by atoms with Crippen LogP contribution in [0.4, 0.5) is 0 Å². The average molecular weight is 254 g/mol. The predicted molar refractivity (Wildman–Crippen MR) is 67.3 cm³/mol. The number of furan rings is 1. The molecule has 0 fully saturated rings. The fourth-order valence-corrected chi connectivity index (χ4v) is 3.20. The zero-order chi connectivity index (χ0) is 13.1. The summed E-state index contributed by atoms with van der Waals surface area (Å²) >= 11 is 0. The molecule has 0 aliphatic carbocycles. The SMILES string of the molecule is C[Si](C)(C)c1cocc1CC(=O)CCC(=O)O. The van der Waals surface area contributed by atoms with E-state index in [1.54, 1.807) is 12.5 Å². The topological polar surface area (TPSA) is 67.5 Å². The van der Waals surface area contributed by atoms with Gasteiger partial charge in [-0.3, -0.25) is 9.59 Å². The lowest BCUT2D eigenvalue weighted by atomic mass is 10.1. The molecule has 0 saturated carbocycles. The van der Waals surface area contributed by atoms with E-state index in [4.69, 9.17) is 9.52 Å². The number of ketones is 1. The van der Waals surface area contributed by atoms with Crippen LogP contribution in [0, 0.1) is 0 Å². The number of hydrogen-bond acceptors (Lipinski definition) is 3. The average Bonchev–Trinajstić information content (AvgIpc) is 2.62. The van der Waals surface area contributed by atoms with Crippen LogP contribution in [-0.2, 0) is 16.0 Å². The van der Waals surface area contributed by atoms with Gasteiger partial charge in [-0.1, -0.05) is 19.6 Å². The summed E-state index contributed by atoms with van der Waals surface area (Å²) in [6.07, 6.45) is 3.59. The van der Waals surface area contributed by atoms with Gasteiger partial charge >= 0.3 is 5.97 Å². The van der Waals surface area contributed by atoms with Crippen molar-refractivity contribution in [1.29, 1.82) is 0 Å². The van der Waals surface area contributed by atoms with Gasteiger partial charge in [0.2, 0.25) is 0 Å². The molecule has 0 bridgehead atoms. The molecule has 0 aliphatic heterocycles. The van der Waals surface area contributed by atoms with Gasteiger partial charge in [0.15, 0.2) is 0 Å². The Kier molecular flexibility index (Phi) is 4.28. The molecule has 4 nitrogen and oxygen atoms in total. The van der Waals surface area contributed by atoms with Crippen molar-refractivity contribution in [3.05, 3.63) is 18.1 Å². The summed E-state index contributed by atoms with van der Waals surface area (Å²) in [6.45, 7) is 6.55. The van der Waals surface area contributed by atoms with Crippen molar-refractivity contribution < 1.29 is 19.1 Å². The number of carboxylic acid groups (broad SMARTS) is 1. The van der Waals surface area contributed by atoms with Crippen LogP contribution >= 0.6 is 0 Å². The van der Waals surface area contributed by atoms with E-state index >= 15 is 0 Å². The summed E-state index contributed by atoms with van der Waals surface area (Å²) < 4.78 is 5.16. The molecule has 1 N–H and O–H groups in total. The Morgan fingerprint density at radius 1 is 1.24 bits per heavy atom. The van der Waals surface area contributed by atoms with Crippen molar-refractivity contribution in [1.82, 2.24) is 0 Å². The van der Waals surface area contributed by atoms with Crippen LogP contribution in [0.15, 0.2) is 16.9 Å². The second-order valence-electron chi connectivity index (χ2n) is 5.17. The summed E-state index contributed by atoms with van der Waals surface area (Å²) in [7, 11) is -1.50. The minimum absolute atomic E-state index is 0.0479. The number of carbonyl (C=O) groups is 2. The molecule has 0 unspecified atom stereocenters. The molecule has 94 valence electrons. The van der Waals surface area contributed by atoms with E-state index in [1.807, 2.05) is 0 Å². The third-order valence-corrected chi connectivity index (χ3v) is 4.61. The molecule has 0 aliphatic rings. The Labute approximate surface area is 102 Å². The number of aliphatic carboxylic acids is 1. The van der Waals surface area contributed by atoms with E-state index in [1.165, 1.54) is 0 Å². The van der Waals surface area contributed by atoms with Gasteiger partial charge in [-0.2, -0.15) is 0 Å². The summed E-state index contributed by atoms with van der Waals surface area (Å²) in [6, 6.07) is 0. The van der Waals surface area contributed by atoms with Crippen molar-refractivity contribution in [3.63, 3.8) is 0 Å². The van der Waals surface area contributed by atoms with Crippen LogP contribution in [0.5, 0.6) is 0 Å². The zero-order valence-corrected chi connectivity index (χ0v) is 11.4. The third kappa shape index (κ3) is 4.18. The summed E-state index contributed by atoms with van der Waals surface area (Å²) in [5.74, 6) is -0.982. The third-order valence-electron chi connectivity index (χ3n) is 2.56. The van der Waals surface area contributed by atoms with Gasteiger partial charge in [0.1, 0.15) is 5.78 Å². The van der Waals surface area contributed by atoms with E-state index < -0.39 is 14.0 Å². The molecule has 1 heterocycles. The van der Waals surface area contributed by atoms with E-state index in [9.17, 15) is 9.59 Å². The number of rotatable bonds is 6. The summed E-state index contributed by atoms with van der Waals surface area (Å²) in [5, 5.41) is 9.65. The first-order chi connectivity index (χ1) is 7.80. The largest absolute Gasteiger partial charge is 0.481 e. The fourth-order valence-electron chi connectivity index (χ4n) is 1.67. The molecule has 1 aromatic heterocycles. The highest BCUT2D eigenvalue weighted by Gasteiger charge is 2.23. The second-order valence-corrected chi connectivity index (χ2v) is 10.2. The molecule has 0 radical (unpaired) electrons. The van der Waals surface area contributed by atoms with Gasteiger partial charge in [0, 0.05) is 12.8 Å². The zero-order valence-electron chi connectivity index (χ0n) is 10.4. The van der Waals surface area contributed by atoms with Crippen molar-refractivity contribution >= 4 is 25.0 Å². The highest BCUT2D eigenvalue weighted by molar-refractivity contribution is 6.89. The molecule has 0 amide bonds. The van der Waals surface area contributed by atoms with E-state index in [2.05, 4.69) is 19.6 Å². The predicted octanol–water partition coefficient (Wildman–Crippen LogP) is 1.80. The van der Waals surface area contributed by atoms with Crippen molar-refractivity contribution in [2.24, 2.45) is 0 Å². The van der Waals surface area contributed by atoms with Crippen LogP contribution < -0.4 is 5.19 Å². The van der Waals surface area contributed by atoms with Gasteiger partial charge in [0.25, 0.3) is 0 Å². The molecule has 5 heteroatoms. The first-order valence-corrected chi connectivity index (χ1v) is 9.09. The van der Waals surface area contributed by atoms with Gasteiger partial charge in [-0.05, 0) is 10.8 Å². The molecular weight excluding hydrogens is 236 g/mol. The molecule has 0 atom stereocenters. The molecule has 1 rings (SSSR count).